The van der Waals surface area contributed by atoms with Gasteiger partial charge in [0, 0.05) is 25.2 Å². The summed E-state index contributed by atoms with van der Waals surface area (Å²) in [5.41, 5.74) is 1.96. The van der Waals surface area contributed by atoms with Crippen LogP contribution in [0, 0.1) is 6.92 Å². The van der Waals surface area contributed by atoms with Crippen LogP contribution >= 0.6 is 0 Å². The van der Waals surface area contributed by atoms with Crippen molar-refractivity contribution in [3.05, 3.63) is 65.7 Å². The highest BCUT2D eigenvalue weighted by Crippen LogP contribution is 2.41. The molecule has 2 heterocycles. The molecule has 4 aromatic rings. The largest absolute Gasteiger partial charge is 0.502 e. The van der Waals surface area contributed by atoms with Crippen molar-refractivity contribution in [2.24, 2.45) is 0 Å². The van der Waals surface area contributed by atoms with E-state index in [1.54, 1.807) is 55.5 Å². The number of furan rings is 1. The number of rotatable bonds is 8. The van der Waals surface area contributed by atoms with Crippen LogP contribution < -0.4 is 9.47 Å². The summed E-state index contributed by atoms with van der Waals surface area (Å²) in [6.07, 6.45) is -0.869. The number of Topliss-reactive ketones (excluding diaryl/α,β-unsaturated/α-hetero) is 1. The van der Waals surface area contributed by atoms with Gasteiger partial charge in [0.05, 0.1) is 14.2 Å². The van der Waals surface area contributed by atoms with Gasteiger partial charge in [0.1, 0.15) is 11.9 Å². The summed E-state index contributed by atoms with van der Waals surface area (Å²) in [6, 6.07) is 13.5. The van der Waals surface area contributed by atoms with Gasteiger partial charge >= 0.3 is 0 Å². The smallest absolute Gasteiger partial charge is 0.247 e. The monoisotopic (exact) mass is 450 g/mol. The summed E-state index contributed by atoms with van der Waals surface area (Å²) in [7, 11) is 4.32. The molecule has 0 saturated heterocycles. The maximum absolute atomic E-state index is 13.1. The number of carbonyl (C=O) groups is 1. The number of hydrogen-bond acceptors (Lipinski definition) is 9. The van der Waals surface area contributed by atoms with Gasteiger partial charge in [-0.15, -0.1) is 10.2 Å². The van der Waals surface area contributed by atoms with Gasteiger partial charge in [-0.05, 0) is 42.0 Å². The predicted octanol–water partition coefficient (Wildman–Crippen LogP) is 4.60. The van der Waals surface area contributed by atoms with Crippen LogP contribution in [-0.2, 0) is 4.74 Å². The fourth-order valence-electron chi connectivity index (χ4n) is 3.40. The Morgan fingerprint density at radius 3 is 2.12 bits per heavy atom. The minimum Gasteiger partial charge on any atom is -0.502 e. The van der Waals surface area contributed by atoms with Crippen molar-refractivity contribution in [1.29, 1.82) is 0 Å². The van der Waals surface area contributed by atoms with Gasteiger partial charge in [-0.2, -0.15) is 0 Å². The average molecular weight is 450 g/mol. The zero-order valence-electron chi connectivity index (χ0n) is 18.5. The van der Waals surface area contributed by atoms with E-state index in [-0.39, 0.29) is 28.8 Å². The molecular formula is C24H22N2O7. The predicted molar refractivity (Wildman–Crippen MR) is 117 cm³/mol. The average Bonchev–Trinajstić information content (AvgIpc) is 3.50. The lowest BCUT2D eigenvalue weighted by molar-refractivity contribution is 0.0577. The van der Waals surface area contributed by atoms with Crippen molar-refractivity contribution >= 4 is 5.78 Å². The fourth-order valence-corrected chi connectivity index (χ4v) is 3.40. The van der Waals surface area contributed by atoms with Crippen LogP contribution in [0.2, 0.25) is 0 Å². The number of aromatic nitrogens is 2. The van der Waals surface area contributed by atoms with E-state index in [2.05, 4.69) is 10.2 Å². The van der Waals surface area contributed by atoms with Crippen LogP contribution in [0.3, 0.4) is 0 Å². The lowest BCUT2D eigenvalue weighted by Gasteiger charge is -2.13. The van der Waals surface area contributed by atoms with E-state index in [1.165, 1.54) is 21.3 Å². The number of ether oxygens (including phenoxy) is 3. The summed E-state index contributed by atoms with van der Waals surface area (Å²) in [5, 5.41) is 17.9. The summed E-state index contributed by atoms with van der Waals surface area (Å²) >= 11 is 0. The number of phenols is 1. The number of aryl methyl sites for hydroxylation is 1. The Morgan fingerprint density at radius 1 is 0.909 bits per heavy atom. The number of benzene rings is 2. The molecule has 170 valence electrons. The molecule has 1 atom stereocenters. The summed E-state index contributed by atoms with van der Waals surface area (Å²) in [6.45, 7) is 1.71. The Balaban J connectivity index is 1.59. The standard InChI is InChI=1S/C24H22N2O7/c1-13-25-26-24(32-13)15-7-5-14(6-8-15)23(31-4)22(28)18-10-9-17(33-18)16-11-19(29-2)21(27)20(12-16)30-3/h5-12,23,27H,1-4H3. The van der Waals surface area contributed by atoms with E-state index in [0.717, 1.165) is 5.56 Å². The lowest BCUT2D eigenvalue weighted by Crippen LogP contribution is -2.14. The van der Waals surface area contributed by atoms with E-state index in [4.69, 9.17) is 23.0 Å². The number of nitrogens with zero attached hydrogens (tertiary/aromatic N) is 2. The van der Waals surface area contributed by atoms with Crippen LogP contribution in [0.1, 0.15) is 28.1 Å². The van der Waals surface area contributed by atoms with Gasteiger partial charge in [0.15, 0.2) is 17.3 Å². The van der Waals surface area contributed by atoms with Crippen LogP contribution in [0.15, 0.2) is 57.4 Å². The summed E-state index contributed by atoms with van der Waals surface area (Å²) < 4.78 is 27.1. The SMILES string of the molecule is COc1cc(-c2ccc(C(=O)C(OC)c3ccc(-c4nnc(C)o4)cc3)o2)cc(OC)c1O. The van der Waals surface area contributed by atoms with Crippen LogP contribution in [0.25, 0.3) is 22.8 Å². The molecule has 0 spiro atoms. The van der Waals surface area contributed by atoms with E-state index in [9.17, 15) is 9.90 Å². The van der Waals surface area contributed by atoms with Crippen molar-refractivity contribution < 1.29 is 32.9 Å². The van der Waals surface area contributed by atoms with Gasteiger partial charge in [0.25, 0.3) is 0 Å². The molecule has 2 aromatic carbocycles. The van der Waals surface area contributed by atoms with Gasteiger partial charge in [-0.1, -0.05) is 12.1 Å². The minimum atomic E-state index is -0.869. The molecule has 1 N–H and O–H groups in total. The van der Waals surface area contributed by atoms with Gasteiger partial charge < -0.3 is 28.2 Å². The van der Waals surface area contributed by atoms with E-state index in [1.807, 2.05) is 0 Å². The van der Waals surface area contributed by atoms with Crippen LogP contribution in [0.4, 0.5) is 0 Å². The Morgan fingerprint density at radius 2 is 1.58 bits per heavy atom. The third-order valence-electron chi connectivity index (χ3n) is 5.07. The number of aromatic hydroxyl groups is 1. The molecule has 0 bridgehead atoms. The normalized spacial score (nSPS) is 11.9. The Labute approximate surface area is 189 Å². The summed E-state index contributed by atoms with van der Waals surface area (Å²) in [4.78, 5) is 13.1. The molecular weight excluding hydrogens is 428 g/mol. The van der Waals surface area contributed by atoms with Gasteiger partial charge in [-0.25, -0.2) is 0 Å². The molecule has 1 unspecified atom stereocenters. The molecule has 4 rings (SSSR count). The first kappa shape index (κ1) is 22.1. The third kappa shape index (κ3) is 4.31. The lowest BCUT2D eigenvalue weighted by atomic mass is 10.0. The maximum atomic E-state index is 13.1. The third-order valence-corrected chi connectivity index (χ3v) is 5.07. The topological polar surface area (TPSA) is 117 Å². The zero-order valence-corrected chi connectivity index (χ0v) is 18.5. The Bertz CT molecular complexity index is 1250. The number of ketones is 1. The maximum Gasteiger partial charge on any atom is 0.247 e. The Hall–Kier alpha value is -4.11. The molecule has 0 aliphatic rings. The highest BCUT2D eigenvalue weighted by Gasteiger charge is 2.25. The highest BCUT2D eigenvalue weighted by molar-refractivity contribution is 5.98. The second-order valence-corrected chi connectivity index (χ2v) is 7.12. The van der Waals surface area contributed by atoms with E-state index < -0.39 is 6.10 Å². The van der Waals surface area contributed by atoms with E-state index >= 15 is 0 Å². The highest BCUT2D eigenvalue weighted by atomic mass is 16.5. The molecule has 9 nitrogen and oxygen atoms in total. The number of hydrogen-bond donors (Lipinski definition) is 1. The number of carbonyl (C=O) groups excluding carboxylic acids is 1. The second kappa shape index (κ2) is 9.17. The molecule has 0 amide bonds. The van der Waals surface area contributed by atoms with Crippen molar-refractivity contribution in [3.63, 3.8) is 0 Å². The first-order valence-corrected chi connectivity index (χ1v) is 9.97. The Kier molecular flexibility index (Phi) is 6.14. The molecule has 9 heteroatoms. The molecule has 2 aromatic heterocycles. The zero-order chi connectivity index (χ0) is 23.5. The first-order valence-electron chi connectivity index (χ1n) is 9.97. The molecule has 0 aliphatic heterocycles. The minimum absolute atomic E-state index is 0.120. The number of phenolic OH excluding ortho intramolecular Hbond substituents is 1. The summed E-state index contributed by atoms with van der Waals surface area (Å²) in [5.74, 6) is 1.38. The van der Waals surface area contributed by atoms with Gasteiger partial charge in [-0.3, -0.25) is 4.79 Å². The second-order valence-electron chi connectivity index (χ2n) is 7.12. The van der Waals surface area contributed by atoms with E-state index in [0.29, 0.717) is 28.7 Å². The molecule has 0 radical (unpaired) electrons. The molecule has 33 heavy (non-hydrogen) atoms. The van der Waals surface area contributed by atoms with Crippen molar-refractivity contribution in [1.82, 2.24) is 10.2 Å². The molecule has 0 aliphatic carbocycles. The van der Waals surface area contributed by atoms with Crippen molar-refractivity contribution in [2.75, 3.05) is 21.3 Å². The molecule has 0 fully saturated rings. The molecule has 0 saturated carbocycles. The van der Waals surface area contributed by atoms with Crippen LogP contribution in [-0.4, -0.2) is 42.4 Å². The van der Waals surface area contributed by atoms with Gasteiger partial charge in [0.2, 0.25) is 23.3 Å². The van der Waals surface area contributed by atoms with Crippen molar-refractivity contribution in [2.45, 2.75) is 13.0 Å². The quantitative estimate of drug-likeness (QED) is 0.384. The number of methoxy groups -OCH3 is 3. The van der Waals surface area contributed by atoms with Crippen LogP contribution in [0.5, 0.6) is 17.2 Å². The first-order chi connectivity index (χ1) is 15.9. The fraction of sp³-hybridized carbons (Fsp3) is 0.208. The van der Waals surface area contributed by atoms with Crippen molar-refractivity contribution in [3.8, 4) is 40.0 Å².